The summed E-state index contributed by atoms with van der Waals surface area (Å²) in [5.74, 6) is 0. The van der Waals surface area contributed by atoms with E-state index in [9.17, 15) is 4.79 Å². The first-order valence-electron chi connectivity index (χ1n) is 11.5. The maximum Gasteiger partial charge on any atom is 0.340 e. The molecule has 0 aliphatic rings. The summed E-state index contributed by atoms with van der Waals surface area (Å²) in [6.07, 6.45) is 0.541. The highest BCUT2D eigenvalue weighted by molar-refractivity contribution is 6.14. The maximum atomic E-state index is 12.9. The van der Waals surface area contributed by atoms with Crippen LogP contribution in [0.1, 0.15) is 16.7 Å². The maximum absolute atomic E-state index is 12.9. The molecule has 3 heteroatoms. The molecular weight excluding hydrogens is 418 g/mol. The number of aromatic nitrogens is 1. The first-order valence-corrected chi connectivity index (χ1v) is 11.5. The van der Waals surface area contributed by atoms with Crippen LogP contribution in [0.3, 0.4) is 0 Å². The molecule has 0 fully saturated rings. The van der Waals surface area contributed by atoms with E-state index < -0.39 is 0 Å². The number of aromatic amines is 1. The van der Waals surface area contributed by atoms with E-state index in [1.165, 1.54) is 0 Å². The molecule has 0 radical (unpaired) electrons. The van der Waals surface area contributed by atoms with E-state index in [2.05, 4.69) is 59.6 Å². The molecule has 0 bridgehead atoms. The molecule has 4 aromatic carbocycles. The number of hydrogen-bond donors (Lipinski definition) is 1. The van der Waals surface area contributed by atoms with Gasteiger partial charge in [-0.15, -0.1) is 0 Å². The number of aryl methyl sites for hydroxylation is 1. The number of H-pyrrole nitrogens is 1. The molecule has 164 valence electrons. The second-order valence-electron chi connectivity index (χ2n) is 8.62. The summed E-state index contributed by atoms with van der Waals surface area (Å²) in [6.45, 7) is 2.03. The average molecular weight is 442 g/mol. The Morgan fingerprint density at radius 1 is 0.735 bits per heavy atom. The molecule has 1 N–H and O–H groups in total. The lowest BCUT2D eigenvalue weighted by atomic mass is 9.95. The Kier molecular flexibility index (Phi) is 4.88. The van der Waals surface area contributed by atoms with E-state index >= 15 is 0 Å². The van der Waals surface area contributed by atoms with Crippen molar-refractivity contribution in [3.63, 3.8) is 0 Å². The molecule has 6 rings (SSSR count). The summed E-state index contributed by atoms with van der Waals surface area (Å²) in [7, 11) is 0. The molecule has 6 aromatic rings. The quantitative estimate of drug-likeness (QED) is 0.288. The Balaban J connectivity index is 1.68. The molecule has 0 saturated carbocycles. The van der Waals surface area contributed by atoms with Gasteiger partial charge in [0.2, 0.25) is 0 Å². The van der Waals surface area contributed by atoms with Crippen LogP contribution < -0.4 is 5.63 Å². The average Bonchev–Trinajstić information content (AvgIpc) is 3.27. The molecule has 3 nitrogen and oxygen atoms in total. The number of hydrogen-bond acceptors (Lipinski definition) is 2. The highest BCUT2D eigenvalue weighted by Crippen LogP contribution is 2.41. The SMILES string of the molecule is Cc1c(Cc2ccccc2)c(=O)oc2ccc3c(-c4ccccc4)c(-c4ccccc4)[nH]c3c12. The van der Waals surface area contributed by atoms with Crippen molar-refractivity contribution >= 4 is 21.9 Å². The van der Waals surface area contributed by atoms with E-state index in [0.29, 0.717) is 17.6 Å². The van der Waals surface area contributed by atoms with Crippen LogP contribution in [0.15, 0.2) is 112 Å². The standard InChI is InChI=1S/C31H23NO2/c1-20-25(19-21-11-5-2-6-12-21)31(33)34-26-18-17-24-28(22-13-7-3-8-14-22)29(32-30(24)27(20)26)23-15-9-4-10-16-23/h2-18,32H,19H2,1H3. The normalized spacial score (nSPS) is 11.3. The van der Waals surface area contributed by atoms with Gasteiger partial charge >= 0.3 is 5.63 Å². The van der Waals surface area contributed by atoms with Gasteiger partial charge in [-0.25, -0.2) is 4.79 Å². The minimum atomic E-state index is -0.272. The van der Waals surface area contributed by atoms with Gasteiger partial charge in [0.25, 0.3) is 0 Å². The zero-order chi connectivity index (χ0) is 23.1. The van der Waals surface area contributed by atoms with Crippen molar-refractivity contribution in [3.05, 3.63) is 130 Å². The van der Waals surface area contributed by atoms with Crippen LogP contribution in [-0.2, 0) is 6.42 Å². The van der Waals surface area contributed by atoms with E-state index in [4.69, 9.17) is 4.42 Å². The Bertz CT molecular complexity index is 1680. The van der Waals surface area contributed by atoms with E-state index in [-0.39, 0.29) is 5.63 Å². The fourth-order valence-electron chi connectivity index (χ4n) is 4.90. The van der Waals surface area contributed by atoms with Crippen LogP contribution in [0, 0.1) is 6.92 Å². The fourth-order valence-corrected chi connectivity index (χ4v) is 4.90. The minimum absolute atomic E-state index is 0.272. The summed E-state index contributed by atoms with van der Waals surface area (Å²) in [4.78, 5) is 16.6. The lowest BCUT2D eigenvalue weighted by Gasteiger charge is -2.09. The Morgan fingerprint density at radius 3 is 2.03 bits per heavy atom. The molecular formula is C31H23NO2. The van der Waals surface area contributed by atoms with Crippen molar-refractivity contribution < 1.29 is 4.42 Å². The molecule has 0 aliphatic heterocycles. The molecule has 0 saturated heterocycles. The second kappa shape index (κ2) is 8.20. The van der Waals surface area contributed by atoms with Gasteiger partial charge in [-0.2, -0.15) is 0 Å². The Labute approximate surface area is 197 Å². The third kappa shape index (κ3) is 3.34. The number of rotatable bonds is 4. The van der Waals surface area contributed by atoms with Crippen LogP contribution in [0.5, 0.6) is 0 Å². The van der Waals surface area contributed by atoms with Crippen molar-refractivity contribution in [1.82, 2.24) is 4.98 Å². The zero-order valence-electron chi connectivity index (χ0n) is 18.8. The molecule has 0 unspecified atom stereocenters. The van der Waals surface area contributed by atoms with Crippen LogP contribution >= 0.6 is 0 Å². The third-order valence-electron chi connectivity index (χ3n) is 6.56. The monoisotopic (exact) mass is 441 g/mol. The van der Waals surface area contributed by atoms with Crippen molar-refractivity contribution in [1.29, 1.82) is 0 Å². The topological polar surface area (TPSA) is 46.0 Å². The first-order chi connectivity index (χ1) is 16.7. The van der Waals surface area contributed by atoms with Gasteiger partial charge in [0.1, 0.15) is 5.58 Å². The summed E-state index contributed by atoms with van der Waals surface area (Å²) in [5.41, 5.74) is 8.54. The minimum Gasteiger partial charge on any atom is -0.422 e. The van der Waals surface area contributed by atoms with Crippen LogP contribution in [-0.4, -0.2) is 4.98 Å². The lowest BCUT2D eigenvalue weighted by molar-refractivity contribution is 0.551. The van der Waals surface area contributed by atoms with Crippen LogP contribution in [0.25, 0.3) is 44.3 Å². The third-order valence-corrected chi connectivity index (χ3v) is 6.56. The summed E-state index contributed by atoms with van der Waals surface area (Å²) < 4.78 is 5.84. The van der Waals surface area contributed by atoms with Gasteiger partial charge in [0.05, 0.1) is 11.2 Å². The molecule has 2 aromatic heterocycles. The number of nitrogens with one attached hydrogen (secondary N) is 1. The Morgan fingerprint density at radius 2 is 1.35 bits per heavy atom. The molecule has 0 amide bonds. The molecule has 2 heterocycles. The van der Waals surface area contributed by atoms with E-state index in [0.717, 1.165) is 49.8 Å². The van der Waals surface area contributed by atoms with Crippen LogP contribution in [0.4, 0.5) is 0 Å². The summed E-state index contributed by atoms with van der Waals surface area (Å²) in [6, 6.07) is 34.8. The predicted molar refractivity (Wildman–Crippen MR) is 139 cm³/mol. The van der Waals surface area contributed by atoms with Crippen molar-refractivity contribution in [2.75, 3.05) is 0 Å². The number of fused-ring (bicyclic) bond motifs is 3. The highest BCUT2D eigenvalue weighted by Gasteiger charge is 2.20. The summed E-state index contributed by atoms with van der Waals surface area (Å²) in [5, 5.41) is 2.07. The first kappa shape index (κ1) is 20.3. The molecule has 0 spiro atoms. The summed E-state index contributed by atoms with van der Waals surface area (Å²) >= 11 is 0. The van der Waals surface area contributed by atoms with Crippen molar-refractivity contribution in [2.45, 2.75) is 13.3 Å². The number of benzene rings is 4. The second-order valence-corrected chi connectivity index (χ2v) is 8.62. The van der Waals surface area contributed by atoms with E-state index in [1.54, 1.807) is 0 Å². The van der Waals surface area contributed by atoms with Crippen molar-refractivity contribution in [2.24, 2.45) is 0 Å². The van der Waals surface area contributed by atoms with E-state index in [1.807, 2.05) is 55.5 Å². The Hall–Kier alpha value is -4.37. The lowest BCUT2D eigenvalue weighted by Crippen LogP contribution is -2.11. The fraction of sp³-hybridized carbons (Fsp3) is 0.0645. The van der Waals surface area contributed by atoms with Gasteiger partial charge in [0.15, 0.2) is 0 Å². The largest absolute Gasteiger partial charge is 0.422 e. The van der Waals surface area contributed by atoms with Gasteiger partial charge in [-0.05, 0) is 41.3 Å². The van der Waals surface area contributed by atoms with Crippen molar-refractivity contribution in [3.8, 4) is 22.4 Å². The van der Waals surface area contributed by atoms with Gasteiger partial charge in [0, 0.05) is 28.3 Å². The van der Waals surface area contributed by atoms with Gasteiger partial charge in [-0.3, -0.25) is 0 Å². The molecule has 34 heavy (non-hydrogen) atoms. The van der Waals surface area contributed by atoms with Gasteiger partial charge in [-0.1, -0.05) is 91.0 Å². The molecule has 0 aliphatic carbocycles. The highest BCUT2D eigenvalue weighted by atomic mass is 16.4. The smallest absolute Gasteiger partial charge is 0.340 e. The van der Waals surface area contributed by atoms with Gasteiger partial charge < -0.3 is 9.40 Å². The van der Waals surface area contributed by atoms with Crippen LogP contribution in [0.2, 0.25) is 0 Å². The zero-order valence-corrected chi connectivity index (χ0v) is 18.8. The molecule has 0 atom stereocenters. The predicted octanol–water partition coefficient (Wildman–Crippen LogP) is 7.51.